The van der Waals surface area contributed by atoms with Crippen LogP contribution < -0.4 is 15.2 Å². The zero-order chi connectivity index (χ0) is 18.4. The van der Waals surface area contributed by atoms with Crippen molar-refractivity contribution >= 4 is 11.6 Å². The van der Waals surface area contributed by atoms with Crippen LogP contribution in [0.15, 0.2) is 67.0 Å². The van der Waals surface area contributed by atoms with Crippen LogP contribution in [-0.4, -0.2) is 12.1 Å². The van der Waals surface area contributed by atoms with E-state index >= 15 is 0 Å². The third-order valence-electron chi connectivity index (χ3n) is 4.15. The van der Waals surface area contributed by atoms with Crippen molar-refractivity contribution in [1.82, 2.24) is 4.98 Å². The molecule has 2 aromatic carbocycles. The third kappa shape index (κ3) is 4.54. The summed E-state index contributed by atoms with van der Waals surface area (Å²) in [5.41, 5.74) is 9.44. The lowest BCUT2D eigenvalue weighted by Gasteiger charge is -2.18. The van der Waals surface area contributed by atoms with Gasteiger partial charge in [-0.25, -0.2) is 0 Å². The smallest absolute Gasteiger partial charge is 0.164 e. The van der Waals surface area contributed by atoms with E-state index in [0.29, 0.717) is 23.8 Å². The van der Waals surface area contributed by atoms with E-state index in [-0.39, 0.29) is 6.04 Å². The maximum atomic E-state index is 6.37. The number of nitrogens with two attached hydrogens (primary N) is 1. The maximum Gasteiger partial charge on any atom is 0.164 e. The average Bonchev–Trinajstić information content (AvgIpc) is 2.68. The van der Waals surface area contributed by atoms with Gasteiger partial charge in [-0.05, 0) is 53.4 Å². The summed E-state index contributed by atoms with van der Waals surface area (Å²) >= 11 is 5.94. The Morgan fingerprint density at radius 3 is 2.46 bits per heavy atom. The van der Waals surface area contributed by atoms with Gasteiger partial charge in [0.1, 0.15) is 6.61 Å². The molecule has 1 unspecified atom stereocenters. The Bertz CT molecular complexity index is 838. The van der Waals surface area contributed by atoms with Crippen LogP contribution in [0.25, 0.3) is 0 Å². The van der Waals surface area contributed by atoms with E-state index < -0.39 is 0 Å². The molecule has 0 bridgehead atoms. The molecule has 0 fully saturated rings. The Morgan fingerprint density at radius 2 is 1.77 bits per heavy atom. The Morgan fingerprint density at radius 1 is 1.04 bits per heavy atom. The van der Waals surface area contributed by atoms with Crippen LogP contribution in [0.2, 0.25) is 5.02 Å². The molecule has 0 saturated heterocycles. The molecule has 5 heteroatoms. The number of aromatic nitrogens is 1. The molecule has 1 heterocycles. The Kier molecular flexibility index (Phi) is 6.10. The molecule has 0 aliphatic rings. The SMILES string of the molecule is COc1cccc(CC(N)c2ccncc2)c1OCc1ccc(Cl)cc1. The number of para-hydroxylation sites is 1. The van der Waals surface area contributed by atoms with Crippen LogP contribution in [-0.2, 0) is 13.0 Å². The second-order valence-electron chi connectivity index (χ2n) is 5.95. The number of rotatable bonds is 7. The van der Waals surface area contributed by atoms with Crippen molar-refractivity contribution in [2.75, 3.05) is 7.11 Å². The molecule has 134 valence electrons. The summed E-state index contributed by atoms with van der Waals surface area (Å²) in [5, 5.41) is 0.704. The average molecular weight is 369 g/mol. The number of hydrogen-bond donors (Lipinski definition) is 1. The van der Waals surface area contributed by atoms with E-state index in [1.54, 1.807) is 19.5 Å². The topological polar surface area (TPSA) is 57.4 Å². The normalized spacial score (nSPS) is 11.8. The molecule has 0 aliphatic carbocycles. The highest BCUT2D eigenvalue weighted by atomic mass is 35.5. The number of pyridine rings is 1. The number of ether oxygens (including phenoxy) is 2. The van der Waals surface area contributed by atoms with Gasteiger partial charge in [0.05, 0.1) is 7.11 Å². The lowest BCUT2D eigenvalue weighted by atomic mass is 9.99. The summed E-state index contributed by atoms with van der Waals surface area (Å²) in [6, 6.07) is 17.1. The van der Waals surface area contributed by atoms with Gasteiger partial charge < -0.3 is 15.2 Å². The zero-order valence-corrected chi connectivity index (χ0v) is 15.3. The molecule has 3 aromatic rings. The molecule has 1 aromatic heterocycles. The van der Waals surface area contributed by atoms with Crippen molar-refractivity contribution in [3.8, 4) is 11.5 Å². The fourth-order valence-electron chi connectivity index (χ4n) is 2.75. The predicted octanol–water partition coefficient (Wildman–Crippen LogP) is 4.57. The fraction of sp³-hybridized carbons (Fsp3) is 0.190. The van der Waals surface area contributed by atoms with Gasteiger partial charge in [-0.3, -0.25) is 4.98 Å². The Hall–Kier alpha value is -2.56. The third-order valence-corrected chi connectivity index (χ3v) is 4.40. The van der Waals surface area contributed by atoms with Gasteiger partial charge in [0.2, 0.25) is 0 Å². The van der Waals surface area contributed by atoms with E-state index in [9.17, 15) is 0 Å². The molecule has 26 heavy (non-hydrogen) atoms. The number of nitrogens with zero attached hydrogens (tertiary/aromatic N) is 1. The highest BCUT2D eigenvalue weighted by molar-refractivity contribution is 6.30. The molecular formula is C21H21ClN2O2. The van der Waals surface area contributed by atoms with Crippen LogP contribution in [0.4, 0.5) is 0 Å². The van der Waals surface area contributed by atoms with Crippen LogP contribution >= 0.6 is 11.6 Å². The van der Waals surface area contributed by atoms with Gasteiger partial charge in [-0.1, -0.05) is 35.9 Å². The van der Waals surface area contributed by atoms with Gasteiger partial charge in [0.15, 0.2) is 11.5 Å². The monoisotopic (exact) mass is 368 g/mol. The standard InChI is InChI=1S/C21H21ClN2O2/c1-25-20-4-2-3-17(13-19(23)16-9-11-24-12-10-16)21(20)26-14-15-5-7-18(22)8-6-15/h2-12,19H,13-14,23H2,1H3. The Balaban J connectivity index is 1.80. The first-order valence-electron chi connectivity index (χ1n) is 8.36. The van der Waals surface area contributed by atoms with E-state index in [2.05, 4.69) is 4.98 Å². The van der Waals surface area contributed by atoms with Crippen molar-refractivity contribution in [2.24, 2.45) is 5.73 Å². The molecule has 2 N–H and O–H groups in total. The van der Waals surface area contributed by atoms with E-state index in [4.69, 9.17) is 26.8 Å². The van der Waals surface area contributed by atoms with Gasteiger partial charge >= 0.3 is 0 Å². The molecule has 4 nitrogen and oxygen atoms in total. The van der Waals surface area contributed by atoms with Crippen LogP contribution in [0.1, 0.15) is 22.7 Å². The van der Waals surface area contributed by atoms with Crippen molar-refractivity contribution < 1.29 is 9.47 Å². The lowest BCUT2D eigenvalue weighted by Crippen LogP contribution is -2.14. The van der Waals surface area contributed by atoms with Crippen LogP contribution in [0.5, 0.6) is 11.5 Å². The van der Waals surface area contributed by atoms with Crippen LogP contribution in [0, 0.1) is 0 Å². The number of hydrogen-bond acceptors (Lipinski definition) is 4. The summed E-state index contributed by atoms with van der Waals surface area (Å²) in [7, 11) is 1.64. The minimum Gasteiger partial charge on any atom is -0.493 e. The molecule has 0 spiro atoms. The van der Waals surface area contributed by atoms with E-state index in [1.807, 2.05) is 54.6 Å². The van der Waals surface area contributed by atoms with Crippen molar-refractivity contribution in [2.45, 2.75) is 19.1 Å². The second kappa shape index (κ2) is 8.70. The summed E-state index contributed by atoms with van der Waals surface area (Å²) in [6.45, 7) is 0.426. The molecule has 0 saturated carbocycles. The highest BCUT2D eigenvalue weighted by Gasteiger charge is 2.15. The van der Waals surface area contributed by atoms with Gasteiger partial charge in [-0.15, -0.1) is 0 Å². The summed E-state index contributed by atoms with van der Waals surface area (Å²) in [5.74, 6) is 1.41. The highest BCUT2D eigenvalue weighted by Crippen LogP contribution is 2.34. The van der Waals surface area contributed by atoms with Crippen molar-refractivity contribution in [1.29, 1.82) is 0 Å². The van der Waals surface area contributed by atoms with E-state index in [0.717, 1.165) is 22.4 Å². The zero-order valence-electron chi connectivity index (χ0n) is 14.6. The summed E-state index contributed by atoms with van der Waals surface area (Å²) in [4.78, 5) is 4.04. The first kappa shape index (κ1) is 18.2. The van der Waals surface area contributed by atoms with Crippen LogP contribution in [0.3, 0.4) is 0 Å². The minimum absolute atomic E-state index is 0.150. The second-order valence-corrected chi connectivity index (χ2v) is 6.39. The molecule has 1 atom stereocenters. The fourth-order valence-corrected chi connectivity index (χ4v) is 2.87. The quantitative estimate of drug-likeness (QED) is 0.664. The molecule has 0 amide bonds. The van der Waals surface area contributed by atoms with Crippen molar-refractivity contribution in [3.63, 3.8) is 0 Å². The molecule has 3 rings (SSSR count). The molecular weight excluding hydrogens is 348 g/mol. The number of benzene rings is 2. The van der Waals surface area contributed by atoms with E-state index in [1.165, 1.54) is 0 Å². The van der Waals surface area contributed by atoms with Gasteiger partial charge in [0, 0.05) is 23.5 Å². The molecule has 0 aliphatic heterocycles. The Labute approximate surface area is 158 Å². The summed E-state index contributed by atoms with van der Waals surface area (Å²) in [6.07, 6.45) is 4.13. The molecule has 0 radical (unpaired) electrons. The number of methoxy groups -OCH3 is 1. The number of halogens is 1. The first-order valence-corrected chi connectivity index (χ1v) is 8.74. The minimum atomic E-state index is -0.150. The maximum absolute atomic E-state index is 6.37. The summed E-state index contributed by atoms with van der Waals surface area (Å²) < 4.78 is 11.6. The lowest BCUT2D eigenvalue weighted by molar-refractivity contribution is 0.281. The largest absolute Gasteiger partial charge is 0.493 e. The first-order chi connectivity index (χ1) is 12.7. The predicted molar refractivity (Wildman–Crippen MR) is 104 cm³/mol. The van der Waals surface area contributed by atoms with Gasteiger partial charge in [0.25, 0.3) is 0 Å². The van der Waals surface area contributed by atoms with Gasteiger partial charge in [-0.2, -0.15) is 0 Å². The van der Waals surface area contributed by atoms with Crippen molar-refractivity contribution in [3.05, 3.63) is 88.7 Å².